The molecule has 0 aromatic carbocycles. The second kappa shape index (κ2) is 3.56. The van der Waals surface area contributed by atoms with Gasteiger partial charge in [-0.05, 0) is 19.3 Å². The van der Waals surface area contributed by atoms with Crippen molar-refractivity contribution in [3.63, 3.8) is 0 Å². The molecule has 2 rings (SSSR count). The van der Waals surface area contributed by atoms with Crippen molar-refractivity contribution in [1.82, 2.24) is 0 Å². The molecule has 1 unspecified atom stereocenters. The highest BCUT2D eigenvalue weighted by Crippen LogP contribution is 2.40. The summed E-state index contributed by atoms with van der Waals surface area (Å²) in [6.45, 7) is 2.23. The zero-order valence-corrected chi connectivity index (χ0v) is 8.23. The van der Waals surface area contributed by atoms with Gasteiger partial charge >= 0.3 is 5.97 Å². The molecule has 0 aromatic rings. The van der Waals surface area contributed by atoms with E-state index in [1.165, 1.54) is 0 Å². The Balaban J connectivity index is 1.98. The largest absolute Gasteiger partial charge is 0.466 e. The van der Waals surface area contributed by atoms with Crippen molar-refractivity contribution in [3.05, 3.63) is 12.2 Å². The maximum Gasteiger partial charge on any atom is 0.312 e. The van der Waals surface area contributed by atoms with Crippen LogP contribution in [0.3, 0.4) is 0 Å². The van der Waals surface area contributed by atoms with Crippen LogP contribution < -0.4 is 0 Å². The third-order valence-electron chi connectivity index (χ3n) is 3.04. The molecule has 76 valence electrons. The molecule has 3 nitrogen and oxygen atoms in total. The third-order valence-corrected chi connectivity index (χ3v) is 3.04. The van der Waals surface area contributed by atoms with Gasteiger partial charge < -0.3 is 4.74 Å². The first-order chi connectivity index (χ1) is 6.72. The van der Waals surface area contributed by atoms with Crippen LogP contribution in [-0.2, 0) is 14.3 Å². The van der Waals surface area contributed by atoms with E-state index in [-0.39, 0.29) is 17.8 Å². The van der Waals surface area contributed by atoms with E-state index in [1.807, 2.05) is 12.2 Å². The monoisotopic (exact) mass is 194 g/mol. The number of ether oxygens (including phenoxy) is 1. The Morgan fingerprint density at radius 1 is 1.57 bits per heavy atom. The van der Waals surface area contributed by atoms with Crippen molar-refractivity contribution in [3.8, 4) is 0 Å². The number of rotatable bonds is 2. The van der Waals surface area contributed by atoms with Crippen LogP contribution in [0.4, 0.5) is 0 Å². The minimum absolute atomic E-state index is 0.0978. The molecule has 14 heavy (non-hydrogen) atoms. The number of allylic oxidation sites excluding steroid dienone is 1. The van der Waals surface area contributed by atoms with E-state index in [2.05, 4.69) is 0 Å². The topological polar surface area (TPSA) is 43.4 Å². The number of carbonyl (C=O) groups excluding carboxylic acids is 2. The molecule has 0 aliphatic heterocycles. The smallest absolute Gasteiger partial charge is 0.312 e. The molecule has 1 saturated carbocycles. The Morgan fingerprint density at radius 2 is 2.36 bits per heavy atom. The van der Waals surface area contributed by atoms with Gasteiger partial charge in [0.05, 0.1) is 12.5 Å². The van der Waals surface area contributed by atoms with E-state index < -0.39 is 0 Å². The predicted molar refractivity (Wildman–Crippen MR) is 50.5 cm³/mol. The quantitative estimate of drug-likeness (QED) is 0.492. The number of Topliss-reactive ketones (excluding diaryl/α,β-unsaturated/α-hetero) is 1. The van der Waals surface area contributed by atoms with Gasteiger partial charge in [0.1, 0.15) is 5.78 Å². The summed E-state index contributed by atoms with van der Waals surface area (Å²) >= 11 is 0. The number of carbonyl (C=O) groups is 2. The van der Waals surface area contributed by atoms with Crippen LogP contribution in [0.1, 0.15) is 19.8 Å². The van der Waals surface area contributed by atoms with Crippen molar-refractivity contribution >= 4 is 11.8 Å². The first-order valence-corrected chi connectivity index (χ1v) is 5.10. The minimum Gasteiger partial charge on any atom is -0.466 e. The van der Waals surface area contributed by atoms with Crippen LogP contribution in [0.15, 0.2) is 12.2 Å². The van der Waals surface area contributed by atoms with Gasteiger partial charge in [-0.1, -0.05) is 12.2 Å². The Morgan fingerprint density at radius 3 is 2.93 bits per heavy atom. The van der Waals surface area contributed by atoms with E-state index in [4.69, 9.17) is 4.74 Å². The highest BCUT2D eigenvalue weighted by atomic mass is 16.5. The molecule has 0 saturated heterocycles. The highest BCUT2D eigenvalue weighted by Gasteiger charge is 2.42. The van der Waals surface area contributed by atoms with Gasteiger partial charge in [0.2, 0.25) is 0 Å². The zero-order chi connectivity index (χ0) is 10.1. The molecule has 0 radical (unpaired) electrons. The molecule has 2 aliphatic rings. The number of fused-ring (bicyclic) bond motifs is 1. The van der Waals surface area contributed by atoms with Gasteiger partial charge in [-0.25, -0.2) is 0 Å². The fourth-order valence-corrected chi connectivity index (χ4v) is 2.20. The molecule has 0 aromatic heterocycles. The fourth-order valence-electron chi connectivity index (χ4n) is 2.20. The average molecular weight is 194 g/mol. The lowest BCUT2D eigenvalue weighted by molar-refractivity contribution is -0.149. The second-order valence-corrected chi connectivity index (χ2v) is 3.94. The van der Waals surface area contributed by atoms with Crippen molar-refractivity contribution in [1.29, 1.82) is 0 Å². The third kappa shape index (κ3) is 1.47. The molecule has 1 fully saturated rings. The molecule has 3 atom stereocenters. The molecule has 0 bridgehead atoms. The first kappa shape index (κ1) is 9.44. The maximum atomic E-state index is 11.4. The van der Waals surface area contributed by atoms with Crippen LogP contribution in [0, 0.1) is 17.8 Å². The highest BCUT2D eigenvalue weighted by molar-refractivity contribution is 5.90. The normalized spacial score (nSPS) is 34.6. The number of hydrogen-bond donors (Lipinski definition) is 0. The number of esters is 1. The van der Waals surface area contributed by atoms with E-state index >= 15 is 0 Å². The SMILES string of the molecule is CCOC(=O)[C@@H]1C=CC2C(=O)C[C@H]2C1. The van der Waals surface area contributed by atoms with Crippen molar-refractivity contribution in [2.45, 2.75) is 19.8 Å². The second-order valence-electron chi connectivity index (χ2n) is 3.94. The van der Waals surface area contributed by atoms with Crippen LogP contribution in [0.2, 0.25) is 0 Å². The predicted octanol–water partition coefficient (Wildman–Crippen LogP) is 1.33. The number of ketones is 1. The molecule has 2 aliphatic carbocycles. The molecular formula is C11H14O3. The summed E-state index contributed by atoms with van der Waals surface area (Å²) in [5.41, 5.74) is 0. The van der Waals surface area contributed by atoms with Crippen molar-refractivity contribution < 1.29 is 14.3 Å². The average Bonchev–Trinajstić information content (AvgIpc) is 2.16. The first-order valence-electron chi connectivity index (χ1n) is 5.10. The van der Waals surface area contributed by atoms with Crippen LogP contribution in [0.25, 0.3) is 0 Å². The summed E-state index contributed by atoms with van der Waals surface area (Å²) < 4.78 is 4.94. The van der Waals surface area contributed by atoms with E-state index in [9.17, 15) is 9.59 Å². The summed E-state index contributed by atoms with van der Waals surface area (Å²) in [6, 6.07) is 0. The van der Waals surface area contributed by atoms with Gasteiger partial charge in [-0.3, -0.25) is 9.59 Å². The van der Waals surface area contributed by atoms with E-state index in [1.54, 1.807) is 6.92 Å². The fraction of sp³-hybridized carbons (Fsp3) is 0.636. The van der Waals surface area contributed by atoms with E-state index in [0.29, 0.717) is 24.7 Å². The van der Waals surface area contributed by atoms with Crippen LogP contribution >= 0.6 is 0 Å². The lowest BCUT2D eigenvalue weighted by Gasteiger charge is -2.37. The Hall–Kier alpha value is -1.12. The van der Waals surface area contributed by atoms with Gasteiger partial charge in [0.15, 0.2) is 0 Å². The summed E-state index contributed by atoms with van der Waals surface area (Å²) in [7, 11) is 0. The minimum atomic E-state index is -0.151. The lowest BCUT2D eigenvalue weighted by Crippen LogP contribution is -2.40. The van der Waals surface area contributed by atoms with Crippen LogP contribution in [-0.4, -0.2) is 18.4 Å². The summed E-state index contributed by atoms with van der Waals surface area (Å²) in [4.78, 5) is 22.5. The van der Waals surface area contributed by atoms with Gasteiger partial charge in [-0.15, -0.1) is 0 Å². The van der Waals surface area contributed by atoms with Crippen molar-refractivity contribution in [2.24, 2.45) is 17.8 Å². The molecular weight excluding hydrogens is 180 g/mol. The van der Waals surface area contributed by atoms with Gasteiger partial charge in [-0.2, -0.15) is 0 Å². The van der Waals surface area contributed by atoms with Gasteiger partial charge in [0, 0.05) is 12.3 Å². The Kier molecular flexibility index (Phi) is 2.40. The van der Waals surface area contributed by atoms with Gasteiger partial charge in [0.25, 0.3) is 0 Å². The summed E-state index contributed by atoms with van der Waals surface area (Å²) in [6.07, 6.45) is 5.13. The molecule has 0 heterocycles. The Labute approximate surface area is 83.1 Å². The van der Waals surface area contributed by atoms with Crippen LogP contribution in [0.5, 0.6) is 0 Å². The zero-order valence-electron chi connectivity index (χ0n) is 8.23. The Bertz CT molecular complexity index is 293. The molecule has 0 N–H and O–H groups in total. The molecule has 3 heteroatoms. The van der Waals surface area contributed by atoms with E-state index in [0.717, 1.165) is 6.42 Å². The lowest BCUT2D eigenvalue weighted by atomic mass is 9.65. The summed E-state index contributed by atoms with van der Waals surface area (Å²) in [5, 5.41) is 0. The summed E-state index contributed by atoms with van der Waals surface area (Å²) in [5.74, 6) is 0.530. The molecule has 0 amide bonds. The van der Waals surface area contributed by atoms with Crippen molar-refractivity contribution in [2.75, 3.05) is 6.61 Å². The standard InChI is InChI=1S/C11H14O3/c1-2-14-11(13)7-3-4-9-8(5-7)6-10(9)12/h3-4,7-9H,2,5-6H2,1H3/t7-,8-,9?/m1/s1. The number of hydrogen-bond acceptors (Lipinski definition) is 3. The maximum absolute atomic E-state index is 11.4. The molecule has 0 spiro atoms.